The van der Waals surface area contributed by atoms with Gasteiger partial charge in [0.25, 0.3) is 5.91 Å². The second-order valence-corrected chi connectivity index (χ2v) is 5.52. The zero-order chi connectivity index (χ0) is 16.2. The molecule has 0 radical (unpaired) electrons. The van der Waals surface area contributed by atoms with Crippen molar-refractivity contribution in [3.63, 3.8) is 0 Å². The number of rotatable bonds is 5. The number of hydrogen-bond donors (Lipinski definition) is 2. The Labute approximate surface area is 138 Å². The summed E-state index contributed by atoms with van der Waals surface area (Å²) in [6.45, 7) is 1.99. The quantitative estimate of drug-likeness (QED) is 0.754. The molecular weight excluding hydrogens is 314 g/mol. The molecule has 6 heteroatoms. The van der Waals surface area contributed by atoms with Crippen LogP contribution in [-0.2, 0) is 11.3 Å². The zero-order valence-electron chi connectivity index (χ0n) is 12.5. The lowest BCUT2D eigenvalue weighted by Crippen LogP contribution is -2.36. The van der Waals surface area contributed by atoms with Gasteiger partial charge in [0.2, 0.25) is 0 Å². The van der Waals surface area contributed by atoms with E-state index in [4.69, 9.17) is 16.3 Å². The second-order valence-electron chi connectivity index (χ2n) is 5.11. The molecule has 0 aliphatic rings. The van der Waals surface area contributed by atoms with Gasteiger partial charge in [-0.3, -0.25) is 4.79 Å². The highest BCUT2D eigenvalue weighted by Gasteiger charge is 2.16. The van der Waals surface area contributed by atoms with E-state index in [1.807, 2.05) is 30.3 Å². The van der Waals surface area contributed by atoms with Crippen LogP contribution >= 0.6 is 11.6 Å². The summed E-state index contributed by atoms with van der Waals surface area (Å²) in [6.07, 6.45) is -0.653. The highest BCUT2D eigenvalue weighted by atomic mass is 35.5. The number of hydrogen-bond acceptors (Lipinski definition) is 3. The van der Waals surface area contributed by atoms with Gasteiger partial charge in [-0.15, -0.1) is 0 Å². The summed E-state index contributed by atoms with van der Waals surface area (Å²) in [5.74, 6) is 0.954. The topological polar surface area (TPSA) is 67.0 Å². The average molecular weight is 330 g/mol. The molecule has 2 N–H and O–H groups in total. The Bertz CT molecular complexity index is 798. The Kier molecular flexibility index (Phi) is 4.48. The lowest BCUT2D eigenvalue weighted by molar-refractivity contribution is -0.127. The van der Waals surface area contributed by atoms with Crippen molar-refractivity contribution in [1.82, 2.24) is 15.3 Å². The molecule has 1 unspecified atom stereocenters. The largest absolute Gasteiger partial charge is 0.479 e. The molecule has 3 aromatic rings. The van der Waals surface area contributed by atoms with Crippen molar-refractivity contribution < 1.29 is 9.53 Å². The van der Waals surface area contributed by atoms with Crippen molar-refractivity contribution in [2.75, 3.05) is 0 Å². The van der Waals surface area contributed by atoms with Crippen molar-refractivity contribution in [2.45, 2.75) is 19.6 Å². The van der Waals surface area contributed by atoms with Crippen LogP contribution in [-0.4, -0.2) is 22.0 Å². The van der Waals surface area contributed by atoms with Crippen LogP contribution in [0.15, 0.2) is 48.5 Å². The molecule has 5 nitrogen and oxygen atoms in total. The third-order valence-corrected chi connectivity index (χ3v) is 3.69. The van der Waals surface area contributed by atoms with E-state index < -0.39 is 6.10 Å². The number of carbonyl (C=O) groups is 1. The summed E-state index contributed by atoms with van der Waals surface area (Å²) in [7, 11) is 0. The summed E-state index contributed by atoms with van der Waals surface area (Å²) in [4.78, 5) is 19.7. The van der Waals surface area contributed by atoms with Crippen LogP contribution in [0.3, 0.4) is 0 Å². The van der Waals surface area contributed by atoms with Crippen molar-refractivity contribution in [1.29, 1.82) is 0 Å². The van der Waals surface area contributed by atoms with Crippen molar-refractivity contribution in [3.8, 4) is 5.75 Å². The predicted molar refractivity (Wildman–Crippen MR) is 89.5 cm³/mol. The summed E-state index contributed by atoms with van der Waals surface area (Å²) in [5.41, 5.74) is 1.81. The fraction of sp³-hybridized carbons (Fsp3) is 0.176. The Balaban J connectivity index is 1.59. The number of halogens is 1. The number of ether oxygens (including phenoxy) is 1. The monoisotopic (exact) mass is 329 g/mol. The SMILES string of the molecule is CC(Oc1ccccc1Cl)C(=O)NCc1nc2ccccc2[nH]1. The third-order valence-electron chi connectivity index (χ3n) is 3.38. The van der Waals surface area contributed by atoms with Gasteiger partial charge in [0.1, 0.15) is 11.6 Å². The molecule has 1 amide bonds. The number of nitrogens with zero attached hydrogens (tertiary/aromatic N) is 1. The van der Waals surface area contributed by atoms with Gasteiger partial charge in [0.05, 0.1) is 22.6 Å². The molecule has 1 atom stereocenters. The van der Waals surface area contributed by atoms with Gasteiger partial charge in [-0.25, -0.2) is 4.98 Å². The number of H-pyrrole nitrogens is 1. The minimum absolute atomic E-state index is 0.231. The van der Waals surface area contributed by atoms with E-state index in [1.54, 1.807) is 25.1 Å². The molecule has 0 saturated carbocycles. The van der Waals surface area contributed by atoms with Crippen LogP contribution in [0.5, 0.6) is 5.75 Å². The maximum atomic E-state index is 12.1. The number of para-hydroxylation sites is 3. The molecule has 2 aromatic carbocycles. The Morgan fingerprint density at radius 1 is 1.26 bits per heavy atom. The van der Waals surface area contributed by atoms with Crippen molar-refractivity contribution >= 4 is 28.5 Å². The van der Waals surface area contributed by atoms with E-state index in [-0.39, 0.29) is 5.91 Å². The van der Waals surface area contributed by atoms with Gasteiger partial charge >= 0.3 is 0 Å². The minimum Gasteiger partial charge on any atom is -0.479 e. The van der Waals surface area contributed by atoms with Gasteiger partial charge in [-0.05, 0) is 31.2 Å². The summed E-state index contributed by atoms with van der Waals surface area (Å²) >= 11 is 6.02. The van der Waals surface area contributed by atoms with Crippen LogP contribution in [0.2, 0.25) is 5.02 Å². The number of nitrogens with one attached hydrogen (secondary N) is 2. The molecule has 0 aliphatic heterocycles. The van der Waals surface area contributed by atoms with E-state index in [9.17, 15) is 4.79 Å². The Morgan fingerprint density at radius 2 is 2.00 bits per heavy atom. The van der Waals surface area contributed by atoms with Gasteiger partial charge in [-0.1, -0.05) is 35.9 Å². The molecule has 0 spiro atoms. The number of imidazole rings is 1. The third kappa shape index (κ3) is 3.63. The fourth-order valence-electron chi connectivity index (χ4n) is 2.19. The smallest absolute Gasteiger partial charge is 0.261 e. The molecule has 1 aromatic heterocycles. The second kappa shape index (κ2) is 6.71. The van der Waals surface area contributed by atoms with Gasteiger partial charge in [0, 0.05) is 0 Å². The lowest BCUT2D eigenvalue weighted by atomic mass is 10.3. The maximum absolute atomic E-state index is 12.1. The van der Waals surface area contributed by atoms with E-state index in [0.717, 1.165) is 11.0 Å². The predicted octanol–water partition coefficient (Wildman–Crippen LogP) is 3.30. The van der Waals surface area contributed by atoms with E-state index in [2.05, 4.69) is 15.3 Å². The molecule has 0 aliphatic carbocycles. The van der Waals surface area contributed by atoms with Crippen LogP contribution in [0.25, 0.3) is 11.0 Å². The zero-order valence-corrected chi connectivity index (χ0v) is 13.3. The first-order chi connectivity index (χ1) is 11.1. The highest BCUT2D eigenvalue weighted by molar-refractivity contribution is 6.32. The van der Waals surface area contributed by atoms with Crippen LogP contribution in [0.1, 0.15) is 12.7 Å². The molecule has 1 heterocycles. The summed E-state index contributed by atoms with van der Waals surface area (Å²) in [6, 6.07) is 14.8. The van der Waals surface area contributed by atoms with Crippen LogP contribution in [0, 0.1) is 0 Å². The normalized spacial score (nSPS) is 12.1. The van der Waals surface area contributed by atoms with E-state index in [1.165, 1.54) is 0 Å². The van der Waals surface area contributed by atoms with Crippen LogP contribution in [0.4, 0.5) is 0 Å². The standard InChI is InChI=1S/C17H16ClN3O2/c1-11(23-15-9-5-2-6-12(15)18)17(22)19-10-16-20-13-7-3-4-8-14(13)21-16/h2-9,11H,10H2,1H3,(H,19,22)(H,20,21). The number of aromatic nitrogens is 2. The van der Waals surface area contributed by atoms with Crippen molar-refractivity contribution in [2.24, 2.45) is 0 Å². The summed E-state index contributed by atoms with van der Waals surface area (Å²) in [5, 5.41) is 3.27. The Morgan fingerprint density at radius 3 is 2.78 bits per heavy atom. The summed E-state index contributed by atoms with van der Waals surface area (Å²) < 4.78 is 5.58. The number of fused-ring (bicyclic) bond motifs is 1. The first kappa shape index (κ1) is 15.4. The molecule has 0 fully saturated rings. The molecule has 0 saturated heterocycles. The number of benzene rings is 2. The van der Waals surface area contributed by atoms with Crippen LogP contribution < -0.4 is 10.1 Å². The molecule has 3 rings (SSSR count). The average Bonchev–Trinajstić information content (AvgIpc) is 2.97. The lowest BCUT2D eigenvalue weighted by Gasteiger charge is -2.15. The van der Waals surface area contributed by atoms with E-state index >= 15 is 0 Å². The molecule has 0 bridgehead atoms. The van der Waals surface area contributed by atoms with Gasteiger partial charge in [-0.2, -0.15) is 0 Å². The molecule has 23 heavy (non-hydrogen) atoms. The maximum Gasteiger partial charge on any atom is 0.261 e. The number of amides is 1. The fourth-order valence-corrected chi connectivity index (χ4v) is 2.37. The van der Waals surface area contributed by atoms with E-state index in [0.29, 0.717) is 23.1 Å². The van der Waals surface area contributed by atoms with Gasteiger partial charge < -0.3 is 15.0 Å². The van der Waals surface area contributed by atoms with Crippen molar-refractivity contribution in [3.05, 3.63) is 59.4 Å². The molecular formula is C17H16ClN3O2. The number of aromatic amines is 1. The Hall–Kier alpha value is -2.53. The first-order valence-corrected chi connectivity index (χ1v) is 7.64. The first-order valence-electron chi connectivity index (χ1n) is 7.26. The minimum atomic E-state index is -0.653. The molecule has 118 valence electrons. The van der Waals surface area contributed by atoms with Gasteiger partial charge in [0.15, 0.2) is 6.10 Å². The number of carbonyl (C=O) groups excluding carboxylic acids is 1. The highest BCUT2D eigenvalue weighted by Crippen LogP contribution is 2.24.